The van der Waals surface area contributed by atoms with E-state index in [-0.39, 0.29) is 15.8 Å². The zero-order valence-electron chi connectivity index (χ0n) is 12.9. The van der Waals surface area contributed by atoms with E-state index in [9.17, 15) is 9.90 Å². The van der Waals surface area contributed by atoms with Gasteiger partial charge in [-0.25, -0.2) is 4.79 Å². The van der Waals surface area contributed by atoms with Gasteiger partial charge in [-0.05, 0) is 23.6 Å². The van der Waals surface area contributed by atoms with Gasteiger partial charge < -0.3 is 14.9 Å². The van der Waals surface area contributed by atoms with E-state index >= 15 is 0 Å². The Labute approximate surface area is 149 Å². The Bertz CT molecular complexity index is 791. The second-order valence-corrected chi connectivity index (χ2v) is 6.88. The third-order valence-corrected chi connectivity index (χ3v) is 5.38. The van der Waals surface area contributed by atoms with Crippen molar-refractivity contribution in [1.29, 1.82) is 0 Å². The maximum absolute atomic E-state index is 10.9. The molecule has 4 nitrogen and oxygen atoms in total. The number of benzene rings is 2. The van der Waals surface area contributed by atoms with Gasteiger partial charge >= 0.3 is 5.97 Å². The molecule has 2 N–H and O–H groups in total. The van der Waals surface area contributed by atoms with Crippen molar-refractivity contribution in [3.63, 3.8) is 0 Å². The fraction of sp³-hybridized carbons (Fsp3) is 0.278. The zero-order valence-corrected chi connectivity index (χ0v) is 14.4. The molecule has 6 heteroatoms. The maximum Gasteiger partial charge on any atom is 0.341 e. The van der Waals surface area contributed by atoms with E-state index in [0.29, 0.717) is 12.0 Å². The fourth-order valence-corrected chi connectivity index (χ4v) is 3.77. The molecule has 2 unspecified atom stereocenters. The van der Waals surface area contributed by atoms with Gasteiger partial charge in [0.1, 0.15) is 10.8 Å². The lowest BCUT2D eigenvalue weighted by Crippen LogP contribution is -2.27. The van der Waals surface area contributed by atoms with E-state index in [0.717, 1.165) is 11.1 Å². The van der Waals surface area contributed by atoms with Gasteiger partial charge in [0.15, 0.2) is 6.61 Å². The summed E-state index contributed by atoms with van der Waals surface area (Å²) in [6.45, 7) is 1.46. The first-order valence-electron chi connectivity index (χ1n) is 7.43. The Morgan fingerprint density at radius 3 is 2.58 bits per heavy atom. The molecule has 0 spiro atoms. The van der Waals surface area contributed by atoms with Crippen LogP contribution in [-0.2, 0) is 16.6 Å². The lowest BCUT2D eigenvalue weighted by molar-refractivity contribution is -0.139. The monoisotopic (exact) mass is 366 g/mol. The quantitative estimate of drug-likeness (QED) is 0.857. The van der Waals surface area contributed by atoms with Crippen molar-refractivity contribution < 1.29 is 19.7 Å². The molecular formula is C18H16Cl2O4. The van der Waals surface area contributed by atoms with Gasteiger partial charge in [0.05, 0.1) is 11.1 Å². The zero-order chi connectivity index (χ0) is 17.5. The van der Waals surface area contributed by atoms with Crippen molar-refractivity contribution in [2.75, 3.05) is 6.61 Å². The normalized spacial score (nSPS) is 22.2. The highest BCUT2D eigenvalue weighted by Crippen LogP contribution is 2.53. The molecule has 2 atom stereocenters. The first-order chi connectivity index (χ1) is 11.3. The molecule has 2 aromatic carbocycles. The van der Waals surface area contributed by atoms with Crippen LogP contribution in [0.5, 0.6) is 5.75 Å². The number of aliphatic hydroxyl groups excluding tert-OH is 1. The van der Waals surface area contributed by atoms with Crippen LogP contribution in [0.3, 0.4) is 0 Å². The predicted molar refractivity (Wildman–Crippen MR) is 92.1 cm³/mol. The predicted octanol–water partition coefficient (Wildman–Crippen LogP) is 4.00. The lowest BCUT2D eigenvalue weighted by atomic mass is 9.78. The molecule has 24 heavy (non-hydrogen) atoms. The van der Waals surface area contributed by atoms with E-state index in [2.05, 4.69) is 0 Å². The molecule has 2 aromatic rings. The third kappa shape index (κ3) is 2.75. The molecule has 0 saturated carbocycles. The summed E-state index contributed by atoms with van der Waals surface area (Å²) in [6.07, 6.45) is -0.262. The summed E-state index contributed by atoms with van der Waals surface area (Å²) in [5.41, 5.74) is 1.84. The Morgan fingerprint density at radius 2 is 1.96 bits per heavy atom. The minimum absolute atomic E-state index is 0.119. The number of aliphatic hydroxyl groups is 1. The summed E-state index contributed by atoms with van der Waals surface area (Å²) < 4.78 is 5.22. The van der Waals surface area contributed by atoms with E-state index in [1.807, 2.05) is 37.3 Å². The third-order valence-electron chi connectivity index (χ3n) is 4.52. The molecule has 1 aliphatic carbocycles. The van der Waals surface area contributed by atoms with E-state index < -0.39 is 24.1 Å². The van der Waals surface area contributed by atoms with Crippen LogP contribution in [0.25, 0.3) is 0 Å². The molecule has 3 rings (SSSR count). The van der Waals surface area contributed by atoms with Gasteiger partial charge in [0.25, 0.3) is 0 Å². The number of halogens is 2. The van der Waals surface area contributed by atoms with Crippen LogP contribution in [0.4, 0.5) is 0 Å². The van der Waals surface area contributed by atoms with Gasteiger partial charge in [-0.15, -0.1) is 0 Å². The summed E-state index contributed by atoms with van der Waals surface area (Å²) in [6, 6.07) is 11.4. The first-order valence-corrected chi connectivity index (χ1v) is 8.19. The maximum atomic E-state index is 10.9. The minimum atomic E-state index is -1.10. The molecule has 1 aliphatic rings. The molecule has 0 bridgehead atoms. The van der Waals surface area contributed by atoms with Crippen LogP contribution < -0.4 is 4.74 Å². The molecule has 0 aliphatic heterocycles. The number of carbonyl (C=O) groups is 1. The van der Waals surface area contributed by atoms with Crippen LogP contribution in [0, 0.1) is 0 Å². The average molecular weight is 367 g/mol. The highest BCUT2D eigenvalue weighted by atomic mass is 35.5. The number of carboxylic acids is 1. The topological polar surface area (TPSA) is 66.8 Å². The molecule has 0 saturated heterocycles. The van der Waals surface area contributed by atoms with Crippen molar-refractivity contribution >= 4 is 29.2 Å². The Balaban J connectivity index is 2.04. The standard InChI is InChI=1S/C18H16Cl2O4/c1-18(11-5-3-2-4-6-11)8-10-7-12(24-9-13(21)22)15(19)16(20)14(10)17(18)23/h2-7,17,23H,8-9H2,1H3,(H,21,22). The average Bonchev–Trinajstić information content (AvgIpc) is 2.82. The molecule has 126 valence electrons. The van der Waals surface area contributed by atoms with E-state index in [1.54, 1.807) is 6.07 Å². The van der Waals surface area contributed by atoms with Crippen molar-refractivity contribution in [3.05, 3.63) is 63.1 Å². The van der Waals surface area contributed by atoms with Gasteiger partial charge in [0, 0.05) is 11.0 Å². The van der Waals surface area contributed by atoms with Gasteiger partial charge in [-0.2, -0.15) is 0 Å². The summed E-state index contributed by atoms with van der Waals surface area (Å²) in [5.74, 6) is -0.885. The smallest absolute Gasteiger partial charge is 0.341 e. The van der Waals surface area contributed by atoms with E-state index in [1.165, 1.54) is 0 Å². The van der Waals surface area contributed by atoms with Crippen LogP contribution in [0.2, 0.25) is 10.0 Å². The van der Waals surface area contributed by atoms with Crippen LogP contribution in [0.1, 0.15) is 29.7 Å². The summed E-state index contributed by atoms with van der Waals surface area (Å²) in [4.78, 5) is 10.7. The molecule has 0 radical (unpaired) electrons. The molecule has 0 fully saturated rings. The van der Waals surface area contributed by atoms with Crippen molar-refractivity contribution in [1.82, 2.24) is 0 Å². The lowest BCUT2D eigenvalue weighted by Gasteiger charge is -2.29. The minimum Gasteiger partial charge on any atom is -0.480 e. The first kappa shape index (κ1) is 17.1. The number of ether oxygens (including phenoxy) is 1. The molecule has 0 aromatic heterocycles. The highest BCUT2D eigenvalue weighted by Gasteiger charge is 2.45. The van der Waals surface area contributed by atoms with Crippen LogP contribution in [-0.4, -0.2) is 22.8 Å². The number of fused-ring (bicyclic) bond motifs is 1. The summed E-state index contributed by atoms with van der Waals surface area (Å²) >= 11 is 12.6. The Morgan fingerprint density at radius 1 is 1.29 bits per heavy atom. The largest absolute Gasteiger partial charge is 0.480 e. The number of aliphatic carboxylic acids is 1. The Hall–Kier alpha value is -1.75. The fourth-order valence-electron chi connectivity index (χ4n) is 3.24. The number of carboxylic acid groups (broad SMARTS) is 1. The SMILES string of the molecule is CC1(c2ccccc2)Cc2cc(OCC(=O)O)c(Cl)c(Cl)c2C1O. The van der Waals surface area contributed by atoms with Crippen LogP contribution >= 0.6 is 23.2 Å². The summed E-state index contributed by atoms with van der Waals surface area (Å²) in [7, 11) is 0. The van der Waals surface area contributed by atoms with E-state index in [4.69, 9.17) is 33.0 Å². The van der Waals surface area contributed by atoms with Gasteiger partial charge in [-0.1, -0.05) is 60.5 Å². The van der Waals surface area contributed by atoms with Crippen molar-refractivity contribution in [3.8, 4) is 5.75 Å². The van der Waals surface area contributed by atoms with Gasteiger partial charge in [0.2, 0.25) is 0 Å². The van der Waals surface area contributed by atoms with Gasteiger partial charge in [-0.3, -0.25) is 0 Å². The van der Waals surface area contributed by atoms with Crippen molar-refractivity contribution in [2.45, 2.75) is 24.9 Å². The number of hydrogen-bond acceptors (Lipinski definition) is 3. The molecule has 0 heterocycles. The molecule has 0 amide bonds. The number of hydrogen-bond donors (Lipinski definition) is 2. The second-order valence-electron chi connectivity index (χ2n) is 6.12. The van der Waals surface area contributed by atoms with Crippen LogP contribution in [0.15, 0.2) is 36.4 Å². The number of rotatable bonds is 4. The molecular weight excluding hydrogens is 351 g/mol. The highest BCUT2D eigenvalue weighted by molar-refractivity contribution is 6.43. The summed E-state index contributed by atoms with van der Waals surface area (Å²) in [5, 5.41) is 20.0. The Kier molecular flexibility index (Phi) is 4.47. The van der Waals surface area contributed by atoms with Crippen molar-refractivity contribution in [2.24, 2.45) is 0 Å². The second kappa shape index (κ2) is 6.28.